The van der Waals surface area contributed by atoms with Gasteiger partial charge in [0.2, 0.25) is 5.91 Å². The Morgan fingerprint density at radius 3 is 2.53 bits per heavy atom. The van der Waals surface area contributed by atoms with Gasteiger partial charge >= 0.3 is 0 Å². The predicted molar refractivity (Wildman–Crippen MR) is 70.9 cm³/mol. The summed E-state index contributed by atoms with van der Waals surface area (Å²) in [6.45, 7) is 0.670. The first-order valence-corrected chi connectivity index (χ1v) is 6.69. The number of ether oxygens (including phenoxy) is 2. The van der Waals surface area contributed by atoms with E-state index in [-0.39, 0.29) is 24.0 Å². The monoisotopic (exact) mass is 261 g/mol. The van der Waals surface area contributed by atoms with Crippen molar-refractivity contribution < 1.29 is 14.3 Å². The lowest BCUT2D eigenvalue weighted by Gasteiger charge is -2.32. The van der Waals surface area contributed by atoms with E-state index in [0.29, 0.717) is 6.54 Å². The summed E-state index contributed by atoms with van der Waals surface area (Å²) in [7, 11) is 3.39. The second kappa shape index (κ2) is 4.85. The minimum absolute atomic E-state index is 0.174. The van der Waals surface area contributed by atoms with Crippen LogP contribution in [-0.4, -0.2) is 37.2 Å². The number of benzene rings is 1. The van der Waals surface area contributed by atoms with Gasteiger partial charge in [-0.05, 0) is 30.5 Å². The molecule has 3 rings (SSSR count). The van der Waals surface area contributed by atoms with Crippen molar-refractivity contribution >= 4 is 5.91 Å². The normalized spacial score (nSPS) is 29.1. The number of methoxy groups -OCH3 is 2. The fourth-order valence-electron chi connectivity index (χ4n) is 3.28. The minimum Gasteiger partial charge on any atom is -0.497 e. The molecule has 1 saturated carbocycles. The number of rotatable bonds is 4. The molecule has 0 spiro atoms. The average Bonchev–Trinajstić information content (AvgIpc) is 2.99. The maximum Gasteiger partial charge on any atom is 0.226 e. The fourth-order valence-corrected chi connectivity index (χ4v) is 3.28. The topological polar surface area (TPSA) is 38.8 Å². The molecule has 1 amide bonds. The highest BCUT2D eigenvalue weighted by atomic mass is 16.5. The van der Waals surface area contributed by atoms with Gasteiger partial charge in [-0.15, -0.1) is 0 Å². The Labute approximate surface area is 113 Å². The van der Waals surface area contributed by atoms with Crippen molar-refractivity contribution in [3.63, 3.8) is 0 Å². The molecule has 2 aliphatic rings. The van der Waals surface area contributed by atoms with Crippen LogP contribution in [0.15, 0.2) is 24.3 Å². The molecular formula is C15H19NO3. The Hall–Kier alpha value is -1.55. The number of carbonyl (C=O) groups is 1. The number of amides is 1. The van der Waals surface area contributed by atoms with E-state index in [0.717, 1.165) is 24.2 Å². The molecule has 1 heterocycles. The second-order valence-corrected chi connectivity index (χ2v) is 5.32. The molecule has 0 aromatic heterocycles. The van der Waals surface area contributed by atoms with Gasteiger partial charge in [0.05, 0.1) is 19.3 Å². The van der Waals surface area contributed by atoms with Gasteiger partial charge < -0.3 is 14.4 Å². The van der Waals surface area contributed by atoms with Crippen LogP contribution in [-0.2, 0) is 16.1 Å². The third-order valence-corrected chi connectivity index (χ3v) is 4.32. The van der Waals surface area contributed by atoms with Crippen LogP contribution < -0.4 is 4.74 Å². The highest BCUT2D eigenvalue weighted by Crippen LogP contribution is 2.40. The standard InChI is InChI=1S/C15H19NO3/c1-18-12-5-3-10(4-6-12)9-16-13-7-11(15(16)17)8-14(13)19-2/h3-6,11,13-14H,7-9H2,1-2H3/t11-,13+,14+/m1/s1. The highest BCUT2D eigenvalue weighted by molar-refractivity contribution is 5.83. The minimum atomic E-state index is 0.174. The average molecular weight is 261 g/mol. The Bertz CT molecular complexity index is 471. The molecule has 102 valence electrons. The highest BCUT2D eigenvalue weighted by Gasteiger charge is 2.50. The first kappa shape index (κ1) is 12.5. The Morgan fingerprint density at radius 1 is 1.21 bits per heavy atom. The molecule has 3 atom stereocenters. The number of hydrogen-bond acceptors (Lipinski definition) is 3. The van der Waals surface area contributed by atoms with E-state index in [2.05, 4.69) is 0 Å². The molecule has 1 aliphatic carbocycles. The maximum atomic E-state index is 12.2. The molecule has 0 radical (unpaired) electrons. The van der Waals surface area contributed by atoms with Crippen molar-refractivity contribution in [1.29, 1.82) is 0 Å². The van der Waals surface area contributed by atoms with Gasteiger partial charge in [0.15, 0.2) is 0 Å². The van der Waals surface area contributed by atoms with Crippen LogP contribution >= 0.6 is 0 Å². The number of carbonyl (C=O) groups excluding carboxylic acids is 1. The molecule has 4 nitrogen and oxygen atoms in total. The van der Waals surface area contributed by atoms with Gasteiger partial charge in [0.1, 0.15) is 5.75 Å². The van der Waals surface area contributed by atoms with Crippen LogP contribution in [0, 0.1) is 5.92 Å². The summed E-state index contributed by atoms with van der Waals surface area (Å²) in [4.78, 5) is 14.2. The quantitative estimate of drug-likeness (QED) is 0.830. The first-order valence-electron chi connectivity index (χ1n) is 6.69. The third kappa shape index (κ3) is 2.10. The molecule has 4 heteroatoms. The van der Waals surface area contributed by atoms with E-state index in [9.17, 15) is 4.79 Å². The molecule has 0 N–H and O–H groups in total. The van der Waals surface area contributed by atoms with Gasteiger partial charge in [0.25, 0.3) is 0 Å². The molecule has 1 saturated heterocycles. The van der Waals surface area contributed by atoms with Gasteiger partial charge in [-0.2, -0.15) is 0 Å². The van der Waals surface area contributed by atoms with E-state index in [1.54, 1.807) is 14.2 Å². The molecule has 0 unspecified atom stereocenters. The van der Waals surface area contributed by atoms with E-state index in [4.69, 9.17) is 9.47 Å². The summed E-state index contributed by atoms with van der Waals surface area (Å²) in [5.41, 5.74) is 1.14. The van der Waals surface area contributed by atoms with Gasteiger partial charge in [0, 0.05) is 19.6 Å². The van der Waals surface area contributed by atoms with E-state index >= 15 is 0 Å². The largest absolute Gasteiger partial charge is 0.497 e. The fraction of sp³-hybridized carbons (Fsp3) is 0.533. The maximum absolute atomic E-state index is 12.2. The molecule has 1 aromatic rings. The third-order valence-electron chi connectivity index (χ3n) is 4.32. The van der Waals surface area contributed by atoms with Gasteiger partial charge in [-0.25, -0.2) is 0 Å². The second-order valence-electron chi connectivity index (χ2n) is 5.32. The van der Waals surface area contributed by atoms with E-state index in [1.807, 2.05) is 29.2 Å². The summed E-state index contributed by atoms with van der Waals surface area (Å²) in [6, 6.07) is 8.15. The molecular weight excluding hydrogens is 242 g/mol. The van der Waals surface area contributed by atoms with Gasteiger partial charge in [-0.1, -0.05) is 12.1 Å². The summed E-state index contributed by atoms with van der Waals surface area (Å²) < 4.78 is 10.6. The smallest absolute Gasteiger partial charge is 0.226 e. The van der Waals surface area contributed by atoms with Crippen LogP contribution in [0.3, 0.4) is 0 Å². The Kier molecular flexibility index (Phi) is 3.19. The predicted octanol–water partition coefficient (Wildman–Crippen LogP) is 1.83. The zero-order valence-electron chi connectivity index (χ0n) is 11.3. The summed E-state index contributed by atoms with van der Waals surface area (Å²) in [5, 5.41) is 0. The lowest BCUT2D eigenvalue weighted by Crippen LogP contribution is -2.44. The van der Waals surface area contributed by atoms with Crippen molar-refractivity contribution in [2.45, 2.75) is 31.5 Å². The van der Waals surface area contributed by atoms with Crippen molar-refractivity contribution in [1.82, 2.24) is 4.90 Å². The van der Waals surface area contributed by atoms with E-state index in [1.165, 1.54) is 0 Å². The number of fused-ring (bicyclic) bond motifs is 2. The molecule has 2 bridgehead atoms. The van der Waals surface area contributed by atoms with Crippen molar-refractivity contribution in [3.05, 3.63) is 29.8 Å². The Morgan fingerprint density at radius 2 is 1.95 bits per heavy atom. The lowest BCUT2D eigenvalue weighted by molar-refractivity contribution is -0.139. The van der Waals surface area contributed by atoms with Crippen LogP contribution in [0.2, 0.25) is 0 Å². The van der Waals surface area contributed by atoms with Crippen molar-refractivity contribution in [2.75, 3.05) is 14.2 Å². The summed E-state index contributed by atoms with van der Waals surface area (Å²) in [6.07, 6.45) is 2.05. The van der Waals surface area contributed by atoms with Crippen molar-refractivity contribution in [3.8, 4) is 5.75 Å². The molecule has 1 aliphatic heterocycles. The SMILES string of the molecule is COc1ccc(CN2C(=O)[C@H]3C[C@H](OC)[C@@H]2C3)cc1. The van der Waals surface area contributed by atoms with Crippen LogP contribution in [0.4, 0.5) is 0 Å². The summed E-state index contributed by atoms with van der Waals surface area (Å²) in [5.74, 6) is 1.30. The number of likely N-dealkylation sites (tertiary alicyclic amines) is 1. The van der Waals surface area contributed by atoms with E-state index < -0.39 is 0 Å². The molecule has 2 fully saturated rings. The molecule has 19 heavy (non-hydrogen) atoms. The number of piperidine rings is 1. The van der Waals surface area contributed by atoms with Crippen LogP contribution in [0.1, 0.15) is 18.4 Å². The van der Waals surface area contributed by atoms with Gasteiger partial charge in [-0.3, -0.25) is 4.79 Å². The van der Waals surface area contributed by atoms with Crippen LogP contribution in [0.25, 0.3) is 0 Å². The van der Waals surface area contributed by atoms with Crippen molar-refractivity contribution in [2.24, 2.45) is 5.92 Å². The lowest BCUT2D eigenvalue weighted by atomic mass is 10.1. The Balaban J connectivity index is 1.73. The number of hydrogen-bond donors (Lipinski definition) is 0. The zero-order valence-corrected chi connectivity index (χ0v) is 11.3. The zero-order chi connectivity index (χ0) is 13.4. The number of nitrogens with zero attached hydrogens (tertiary/aromatic N) is 1. The van der Waals surface area contributed by atoms with Crippen LogP contribution in [0.5, 0.6) is 5.75 Å². The molecule has 1 aromatic carbocycles. The summed E-state index contributed by atoms with van der Waals surface area (Å²) >= 11 is 0. The first-order chi connectivity index (χ1) is 9.22.